The molecule has 25 heavy (non-hydrogen) atoms. The van der Waals surface area contributed by atoms with Crippen molar-refractivity contribution in [3.05, 3.63) is 59.2 Å². The van der Waals surface area contributed by atoms with Crippen LogP contribution in [0.4, 0.5) is 0 Å². The molecule has 0 bridgehead atoms. The lowest BCUT2D eigenvalue weighted by Gasteiger charge is -2.31. The lowest BCUT2D eigenvalue weighted by atomic mass is 9.95. The van der Waals surface area contributed by atoms with Crippen molar-refractivity contribution < 1.29 is 4.79 Å². The summed E-state index contributed by atoms with van der Waals surface area (Å²) < 4.78 is 0. The number of amides is 1. The fourth-order valence-electron chi connectivity index (χ4n) is 3.20. The van der Waals surface area contributed by atoms with Gasteiger partial charge in [0.25, 0.3) is 5.91 Å². The summed E-state index contributed by atoms with van der Waals surface area (Å²) in [5.74, 6) is 0.0916. The predicted octanol–water partition coefficient (Wildman–Crippen LogP) is 4.38. The molecule has 1 saturated heterocycles. The number of benzene rings is 2. The number of likely N-dealkylation sites (tertiary alicyclic amines) is 1. The van der Waals surface area contributed by atoms with E-state index >= 15 is 0 Å². The molecule has 0 saturated carbocycles. The van der Waals surface area contributed by atoms with Crippen molar-refractivity contribution in [1.29, 1.82) is 0 Å². The van der Waals surface area contributed by atoms with Gasteiger partial charge < -0.3 is 10.6 Å². The molecular formula is C20H26Cl2N2O. The second-order valence-electron chi connectivity index (χ2n) is 6.50. The highest BCUT2D eigenvalue weighted by molar-refractivity contribution is 6.01. The molecule has 0 aromatic heterocycles. The van der Waals surface area contributed by atoms with Crippen molar-refractivity contribution in [2.24, 2.45) is 5.73 Å². The minimum absolute atomic E-state index is 0. The average molecular weight is 381 g/mol. The molecule has 1 fully saturated rings. The number of nitrogens with two attached hydrogens (primary N) is 1. The van der Waals surface area contributed by atoms with E-state index in [2.05, 4.69) is 32.0 Å². The van der Waals surface area contributed by atoms with Gasteiger partial charge in [-0.3, -0.25) is 4.79 Å². The van der Waals surface area contributed by atoms with Crippen LogP contribution in [-0.4, -0.2) is 29.9 Å². The molecule has 1 unspecified atom stereocenters. The first kappa shape index (κ1) is 21.5. The third kappa shape index (κ3) is 4.75. The van der Waals surface area contributed by atoms with Crippen LogP contribution in [0.3, 0.4) is 0 Å². The summed E-state index contributed by atoms with van der Waals surface area (Å²) in [6.07, 6.45) is 1.99. The standard InChI is InChI=1S/C20H24N2O.2ClH/c1-14-9-10-16(12-15(14)2)18-7-3-4-8-19(18)20(23)22-11-5-6-17(21)13-22;;/h3-4,7-10,12,17H,5-6,11,13,21H2,1-2H3;2*1H. The fraction of sp³-hybridized carbons (Fsp3) is 0.350. The van der Waals surface area contributed by atoms with Gasteiger partial charge in [0.2, 0.25) is 0 Å². The van der Waals surface area contributed by atoms with E-state index in [-0.39, 0.29) is 36.8 Å². The van der Waals surface area contributed by atoms with E-state index in [0.717, 1.165) is 36.1 Å². The molecule has 1 aliphatic heterocycles. The van der Waals surface area contributed by atoms with Gasteiger partial charge in [0.05, 0.1) is 0 Å². The quantitative estimate of drug-likeness (QED) is 0.839. The Balaban J connectivity index is 0.00000156. The summed E-state index contributed by atoms with van der Waals surface area (Å²) >= 11 is 0. The van der Waals surface area contributed by atoms with Gasteiger partial charge in [-0.2, -0.15) is 0 Å². The normalized spacial score (nSPS) is 16.6. The Morgan fingerprint density at radius 1 is 1.08 bits per heavy atom. The Morgan fingerprint density at radius 2 is 1.80 bits per heavy atom. The van der Waals surface area contributed by atoms with Crippen LogP contribution in [0.1, 0.15) is 34.3 Å². The van der Waals surface area contributed by atoms with Crippen molar-refractivity contribution in [3.8, 4) is 11.1 Å². The van der Waals surface area contributed by atoms with E-state index in [9.17, 15) is 4.79 Å². The molecule has 2 N–H and O–H groups in total. The predicted molar refractivity (Wildman–Crippen MR) is 109 cm³/mol. The zero-order chi connectivity index (χ0) is 16.4. The van der Waals surface area contributed by atoms with Crippen molar-refractivity contribution in [1.82, 2.24) is 4.90 Å². The lowest BCUT2D eigenvalue weighted by Crippen LogP contribution is -2.45. The smallest absolute Gasteiger partial charge is 0.254 e. The molecule has 2 aromatic rings. The Morgan fingerprint density at radius 3 is 2.48 bits per heavy atom. The number of halogens is 2. The molecule has 0 aliphatic carbocycles. The van der Waals surface area contributed by atoms with Gasteiger partial charge in [-0.1, -0.05) is 36.4 Å². The van der Waals surface area contributed by atoms with E-state index in [4.69, 9.17) is 5.73 Å². The number of piperidine rings is 1. The summed E-state index contributed by atoms with van der Waals surface area (Å²) in [6, 6.07) is 14.3. The maximum absolute atomic E-state index is 13.0. The van der Waals surface area contributed by atoms with Gasteiger partial charge in [-0.25, -0.2) is 0 Å². The zero-order valence-electron chi connectivity index (χ0n) is 14.7. The van der Waals surface area contributed by atoms with E-state index < -0.39 is 0 Å². The Kier molecular flexibility index (Phi) is 7.94. The summed E-state index contributed by atoms with van der Waals surface area (Å²) in [6.45, 7) is 5.66. The van der Waals surface area contributed by atoms with E-state index in [1.807, 2.05) is 29.2 Å². The number of aryl methyl sites for hydroxylation is 2. The lowest BCUT2D eigenvalue weighted by molar-refractivity contribution is 0.0709. The first-order valence-corrected chi connectivity index (χ1v) is 8.28. The summed E-state index contributed by atoms with van der Waals surface area (Å²) in [5, 5.41) is 0. The van der Waals surface area contributed by atoms with Crippen LogP contribution >= 0.6 is 24.8 Å². The number of nitrogens with zero attached hydrogens (tertiary/aromatic N) is 1. The van der Waals surface area contributed by atoms with Gasteiger partial charge in [0.15, 0.2) is 0 Å². The zero-order valence-corrected chi connectivity index (χ0v) is 16.3. The number of carbonyl (C=O) groups is 1. The summed E-state index contributed by atoms with van der Waals surface area (Å²) in [7, 11) is 0. The van der Waals surface area contributed by atoms with Crippen molar-refractivity contribution in [2.45, 2.75) is 32.7 Å². The van der Waals surface area contributed by atoms with Crippen LogP contribution in [0.15, 0.2) is 42.5 Å². The molecule has 1 amide bonds. The van der Waals surface area contributed by atoms with Crippen LogP contribution < -0.4 is 5.73 Å². The van der Waals surface area contributed by atoms with Crippen molar-refractivity contribution >= 4 is 30.7 Å². The Labute approximate surface area is 162 Å². The van der Waals surface area contributed by atoms with Crippen LogP contribution in [0.2, 0.25) is 0 Å². The van der Waals surface area contributed by atoms with Crippen LogP contribution in [0.5, 0.6) is 0 Å². The third-order valence-electron chi connectivity index (χ3n) is 4.72. The maximum atomic E-state index is 13.0. The monoisotopic (exact) mass is 380 g/mol. The number of rotatable bonds is 2. The molecule has 5 heteroatoms. The topological polar surface area (TPSA) is 46.3 Å². The van der Waals surface area contributed by atoms with Gasteiger partial charge in [-0.15, -0.1) is 24.8 Å². The van der Waals surface area contributed by atoms with E-state index in [1.54, 1.807) is 0 Å². The number of hydrogen-bond donors (Lipinski definition) is 1. The third-order valence-corrected chi connectivity index (χ3v) is 4.72. The highest BCUT2D eigenvalue weighted by atomic mass is 35.5. The number of hydrogen-bond acceptors (Lipinski definition) is 2. The molecule has 1 heterocycles. The second-order valence-corrected chi connectivity index (χ2v) is 6.50. The van der Waals surface area contributed by atoms with Crippen LogP contribution in [0.25, 0.3) is 11.1 Å². The van der Waals surface area contributed by atoms with E-state index in [1.165, 1.54) is 11.1 Å². The Bertz CT molecular complexity index is 733. The molecule has 1 atom stereocenters. The second kappa shape index (κ2) is 9.23. The maximum Gasteiger partial charge on any atom is 0.254 e. The number of carbonyl (C=O) groups excluding carboxylic acids is 1. The molecule has 3 rings (SSSR count). The average Bonchev–Trinajstić information content (AvgIpc) is 2.57. The highest BCUT2D eigenvalue weighted by Gasteiger charge is 2.24. The fourth-order valence-corrected chi connectivity index (χ4v) is 3.20. The largest absolute Gasteiger partial charge is 0.337 e. The highest BCUT2D eigenvalue weighted by Crippen LogP contribution is 2.27. The molecule has 0 radical (unpaired) electrons. The van der Waals surface area contributed by atoms with Crippen LogP contribution in [-0.2, 0) is 0 Å². The molecule has 1 aliphatic rings. The molecule has 136 valence electrons. The van der Waals surface area contributed by atoms with Crippen LogP contribution in [0, 0.1) is 13.8 Å². The first-order chi connectivity index (χ1) is 11.1. The minimum Gasteiger partial charge on any atom is -0.337 e. The van der Waals surface area contributed by atoms with Crippen molar-refractivity contribution in [2.75, 3.05) is 13.1 Å². The van der Waals surface area contributed by atoms with Gasteiger partial charge in [0, 0.05) is 24.7 Å². The summed E-state index contributed by atoms with van der Waals surface area (Å²) in [5.41, 5.74) is 11.4. The van der Waals surface area contributed by atoms with Gasteiger partial charge in [-0.05, 0) is 55.0 Å². The molecule has 0 spiro atoms. The van der Waals surface area contributed by atoms with Gasteiger partial charge in [0.1, 0.15) is 0 Å². The van der Waals surface area contributed by atoms with Crippen molar-refractivity contribution in [3.63, 3.8) is 0 Å². The molecular weight excluding hydrogens is 355 g/mol. The summed E-state index contributed by atoms with van der Waals surface area (Å²) in [4.78, 5) is 14.9. The molecule has 3 nitrogen and oxygen atoms in total. The molecule has 2 aromatic carbocycles. The first-order valence-electron chi connectivity index (χ1n) is 8.28. The van der Waals surface area contributed by atoms with E-state index in [0.29, 0.717) is 6.54 Å². The SMILES string of the molecule is Cc1ccc(-c2ccccc2C(=O)N2CCCC(N)C2)cc1C.Cl.Cl. The Hall–Kier alpha value is -1.55. The van der Waals surface area contributed by atoms with Gasteiger partial charge >= 0.3 is 0 Å². The minimum atomic E-state index is 0.